The van der Waals surface area contributed by atoms with E-state index in [9.17, 15) is 4.39 Å². The van der Waals surface area contributed by atoms with Gasteiger partial charge in [0.2, 0.25) is 5.95 Å². The Balaban J connectivity index is 2.34. The molecule has 1 atom stereocenters. The van der Waals surface area contributed by atoms with Gasteiger partial charge in [-0.05, 0) is 13.3 Å². The van der Waals surface area contributed by atoms with E-state index in [0.29, 0.717) is 11.9 Å². The fourth-order valence-corrected chi connectivity index (χ4v) is 1.44. The van der Waals surface area contributed by atoms with Crippen molar-refractivity contribution in [2.45, 2.75) is 45.6 Å². The van der Waals surface area contributed by atoms with E-state index in [2.05, 4.69) is 29.1 Å². The lowest BCUT2D eigenvalue weighted by Gasteiger charge is -2.13. The lowest BCUT2D eigenvalue weighted by atomic mass is 10.1. The summed E-state index contributed by atoms with van der Waals surface area (Å²) < 4.78 is 12.7. The maximum absolute atomic E-state index is 12.7. The smallest absolute Gasteiger partial charge is 0.217 e. The predicted octanol–water partition coefficient (Wildman–Crippen LogP) is 3.00. The van der Waals surface area contributed by atoms with E-state index in [1.165, 1.54) is 31.7 Å². The number of hydrogen-bond donors (Lipinski definition) is 1. The third-order valence-corrected chi connectivity index (χ3v) is 2.27. The van der Waals surface area contributed by atoms with Crippen LogP contribution in [0.2, 0.25) is 0 Å². The van der Waals surface area contributed by atoms with Crippen molar-refractivity contribution in [3.05, 3.63) is 18.3 Å². The molecule has 0 bridgehead atoms. The number of nitrogens with one attached hydrogen (secondary N) is 1. The van der Waals surface area contributed by atoms with E-state index in [-0.39, 0.29) is 0 Å². The second-order valence-corrected chi connectivity index (χ2v) is 3.77. The van der Waals surface area contributed by atoms with E-state index >= 15 is 0 Å². The molecule has 0 spiro atoms. The van der Waals surface area contributed by atoms with Crippen molar-refractivity contribution in [2.24, 2.45) is 0 Å². The second kappa shape index (κ2) is 6.32. The number of hydrogen-bond acceptors (Lipinski definition) is 3. The molecule has 1 aromatic heterocycles. The number of rotatable bonds is 6. The third-order valence-electron chi connectivity index (χ3n) is 2.27. The summed E-state index contributed by atoms with van der Waals surface area (Å²) >= 11 is 0. The maximum Gasteiger partial charge on any atom is 0.217 e. The molecule has 0 aliphatic carbocycles. The molecule has 0 radical (unpaired) electrons. The van der Waals surface area contributed by atoms with E-state index in [1.807, 2.05) is 0 Å². The molecule has 4 heteroatoms. The first-order valence-corrected chi connectivity index (χ1v) is 5.46. The highest BCUT2D eigenvalue weighted by Crippen LogP contribution is 2.09. The lowest BCUT2D eigenvalue weighted by molar-refractivity contribution is 0.577. The first-order valence-electron chi connectivity index (χ1n) is 5.46. The Morgan fingerprint density at radius 1 is 1.40 bits per heavy atom. The fraction of sp³-hybridized carbons (Fsp3) is 0.636. The first-order chi connectivity index (χ1) is 7.22. The zero-order chi connectivity index (χ0) is 11.1. The summed E-state index contributed by atoms with van der Waals surface area (Å²) in [6.45, 7) is 4.26. The van der Waals surface area contributed by atoms with Crippen LogP contribution in [-0.4, -0.2) is 16.0 Å². The summed E-state index contributed by atoms with van der Waals surface area (Å²) in [5.74, 6) is 0.0692. The molecule has 0 aliphatic heterocycles. The number of unbranched alkanes of at least 4 members (excludes halogenated alkanes) is 2. The highest BCUT2D eigenvalue weighted by Gasteiger charge is 2.03. The molecular weight excluding hydrogens is 193 g/mol. The molecule has 1 N–H and O–H groups in total. The zero-order valence-electron chi connectivity index (χ0n) is 9.33. The molecule has 0 saturated heterocycles. The Morgan fingerprint density at radius 2 is 2.20 bits per heavy atom. The Labute approximate surface area is 90.1 Å². The van der Waals surface area contributed by atoms with Crippen molar-refractivity contribution in [2.75, 3.05) is 5.32 Å². The van der Waals surface area contributed by atoms with Crippen LogP contribution in [0.15, 0.2) is 12.4 Å². The molecule has 0 saturated carbocycles. The van der Waals surface area contributed by atoms with Gasteiger partial charge in [0.15, 0.2) is 0 Å². The second-order valence-electron chi connectivity index (χ2n) is 3.77. The van der Waals surface area contributed by atoms with Crippen molar-refractivity contribution >= 4 is 5.82 Å². The van der Waals surface area contributed by atoms with Gasteiger partial charge in [0.05, 0.1) is 0 Å². The molecule has 1 rings (SSSR count). The number of halogens is 1. The molecule has 84 valence electrons. The van der Waals surface area contributed by atoms with Crippen LogP contribution in [0.4, 0.5) is 10.2 Å². The van der Waals surface area contributed by atoms with Crippen LogP contribution in [0.3, 0.4) is 0 Å². The van der Waals surface area contributed by atoms with Gasteiger partial charge in [-0.3, -0.25) is 0 Å². The monoisotopic (exact) mass is 211 g/mol. The Bertz CT molecular complexity index is 291. The molecule has 0 aromatic carbocycles. The first kappa shape index (κ1) is 11.9. The molecule has 0 fully saturated rings. The van der Waals surface area contributed by atoms with Crippen LogP contribution in [0.1, 0.15) is 39.5 Å². The SMILES string of the molecule is CCCCCC(C)Nc1cc(F)ncn1. The molecule has 0 amide bonds. The fourth-order valence-electron chi connectivity index (χ4n) is 1.44. The van der Waals surface area contributed by atoms with Gasteiger partial charge in [-0.2, -0.15) is 4.39 Å². The lowest BCUT2D eigenvalue weighted by Crippen LogP contribution is -2.16. The number of anilines is 1. The van der Waals surface area contributed by atoms with Crippen LogP contribution in [0.25, 0.3) is 0 Å². The highest BCUT2D eigenvalue weighted by atomic mass is 19.1. The van der Waals surface area contributed by atoms with Gasteiger partial charge in [0.25, 0.3) is 0 Å². The average molecular weight is 211 g/mol. The summed E-state index contributed by atoms with van der Waals surface area (Å²) in [7, 11) is 0. The van der Waals surface area contributed by atoms with Gasteiger partial charge in [-0.1, -0.05) is 26.2 Å². The van der Waals surface area contributed by atoms with Crippen LogP contribution < -0.4 is 5.32 Å². The van der Waals surface area contributed by atoms with E-state index in [1.54, 1.807) is 0 Å². The standard InChI is InChI=1S/C11H18FN3/c1-3-4-5-6-9(2)15-11-7-10(12)13-8-14-11/h7-9H,3-6H2,1-2H3,(H,13,14,15). The Morgan fingerprint density at radius 3 is 2.87 bits per heavy atom. The van der Waals surface area contributed by atoms with Crippen LogP contribution >= 0.6 is 0 Å². The van der Waals surface area contributed by atoms with Crippen LogP contribution in [0, 0.1) is 5.95 Å². The maximum atomic E-state index is 12.7. The van der Waals surface area contributed by atoms with Crippen LogP contribution in [-0.2, 0) is 0 Å². The molecule has 3 nitrogen and oxygen atoms in total. The van der Waals surface area contributed by atoms with Crippen LogP contribution in [0.5, 0.6) is 0 Å². The average Bonchev–Trinajstić information content (AvgIpc) is 2.18. The molecular formula is C11H18FN3. The van der Waals surface area contributed by atoms with Crippen molar-refractivity contribution in [1.29, 1.82) is 0 Å². The Hall–Kier alpha value is -1.19. The van der Waals surface area contributed by atoms with E-state index in [0.717, 1.165) is 6.42 Å². The number of aromatic nitrogens is 2. The van der Waals surface area contributed by atoms with Gasteiger partial charge in [0.1, 0.15) is 12.1 Å². The zero-order valence-corrected chi connectivity index (χ0v) is 9.33. The molecule has 1 heterocycles. The summed E-state index contributed by atoms with van der Waals surface area (Å²) in [4.78, 5) is 7.35. The van der Waals surface area contributed by atoms with Crippen molar-refractivity contribution < 1.29 is 4.39 Å². The summed E-state index contributed by atoms with van der Waals surface area (Å²) in [6, 6.07) is 1.64. The van der Waals surface area contributed by atoms with Gasteiger partial charge in [0, 0.05) is 12.1 Å². The minimum Gasteiger partial charge on any atom is -0.367 e. The topological polar surface area (TPSA) is 37.8 Å². The predicted molar refractivity (Wildman–Crippen MR) is 59.2 cm³/mol. The largest absolute Gasteiger partial charge is 0.367 e. The molecule has 15 heavy (non-hydrogen) atoms. The minimum absolute atomic E-state index is 0.325. The van der Waals surface area contributed by atoms with Crippen molar-refractivity contribution in [1.82, 2.24) is 9.97 Å². The summed E-state index contributed by atoms with van der Waals surface area (Å²) in [6.07, 6.45) is 5.97. The Kier molecular flexibility index (Phi) is 5.01. The normalized spacial score (nSPS) is 12.5. The molecule has 1 unspecified atom stereocenters. The van der Waals surface area contributed by atoms with Gasteiger partial charge in [-0.15, -0.1) is 0 Å². The van der Waals surface area contributed by atoms with Crippen molar-refractivity contribution in [3.8, 4) is 0 Å². The molecule has 0 aliphatic rings. The van der Waals surface area contributed by atoms with Gasteiger partial charge >= 0.3 is 0 Å². The van der Waals surface area contributed by atoms with E-state index in [4.69, 9.17) is 0 Å². The molecule has 1 aromatic rings. The number of nitrogens with zero attached hydrogens (tertiary/aromatic N) is 2. The minimum atomic E-state index is -0.492. The van der Waals surface area contributed by atoms with Crippen molar-refractivity contribution in [3.63, 3.8) is 0 Å². The quantitative estimate of drug-likeness (QED) is 0.580. The summed E-state index contributed by atoms with van der Waals surface area (Å²) in [5, 5.41) is 3.15. The van der Waals surface area contributed by atoms with Gasteiger partial charge < -0.3 is 5.32 Å². The summed E-state index contributed by atoms with van der Waals surface area (Å²) in [5.41, 5.74) is 0. The van der Waals surface area contributed by atoms with Gasteiger partial charge in [-0.25, -0.2) is 9.97 Å². The highest BCUT2D eigenvalue weighted by molar-refractivity contribution is 5.33. The van der Waals surface area contributed by atoms with E-state index < -0.39 is 5.95 Å². The third kappa shape index (κ3) is 4.72.